The molecule has 0 radical (unpaired) electrons. The van der Waals surface area contributed by atoms with Crippen molar-refractivity contribution in [2.75, 3.05) is 12.4 Å². The van der Waals surface area contributed by atoms with Crippen molar-refractivity contribution in [3.8, 4) is 0 Å². The SMILES string of the molecule is CNc1ccccc1C(C)O. The van der Waals surface area contributed by atoms with Gasteiger partial charge < -0.3 is 10.4 Å². The lowest BCUT2D eigenvalue weighted by molar-refractivity contribution is 0.200. The number of rotatable bonds is 2. The molecule has 0 amide bonds. The minimum Gasteiger partial charge on any atom is -0.389 e. The predicted molar refractivity (Wildman–Crippen MR) is 46.6 cm³/mol. The second kappa shape index (κ2) is 3.39. The summed E-state index contributed by atoms with van der Waals surface area (Å²) in [6.07, 6.45) is -0.404. The highest BCUT2D eigenvalue weighted by atomic mass is 16.3. The van der Waals surface area contributed by atoms with Gasteiger partial charge in [0, 0.05) is 18.3 Å². The first kappa shape index (κ1) is 8.08. The quantitative estimate of drug-likeness (QED) is 0.675. The van der Waals surface area contributed by atoms with Gasteiger partial charge in [-0.1, -0.05) is 18.2 Å². The summed E-state index contributed by atoms with van der Waals surface area (Å²) in [5.41, 5.74) is 1.93. The molecule has 2 nitrogen and oxygen atoms in total. The monoisotopic (exact) mass is 151 g/mol. The number of anilines is 1. The van der Waals surface area contributed by atoms with Crippen LogP contribution in [0.2, 0.25) is 0 Å². The molecule has 0 aliphatic heterocycles. The maximum absolute atomic E-state index is 9.30. The molecule has 1 unspecified atom stereocenters. The van der Waals surface area contributed by atoms with Crippen molar-refractivity contribution in [2.45, 2.75) is 13.0 Å². The van der Waals surface area contributed by atoms with Crippen molar-refractivity contribution >= 4 is 5.69 Å². The zero-order valence-electron chi connectivity index (χ0n) is 6.83. The topological polar surface area (TPSA) is 32.3 Å². The van der Waals surface area contributed by atoms with Crippen LogP contribution in [-0.4, -0.2) is 12.2 Å². The van der Waals surface area contributed by atoms with Gasteiger partial charge in [0.2, 0.25) is 0 Å². The van der Waals surface area contributed by atoms with E-state index in [9.17, 15) is 5.11 Å². The Labute approximate surface area is 66.9 Å². The molecular weight excluding hydrogens is 138 g/mol. The van der Waals surface area contributed by atoms with Gasteiger partial charge in [0.05, 0.1) is 6.10 Å². The van der Waals surface area contributed by atoms with E-state index in [0.29, 0.717) is 0 Å². The summed E-state index contributed by atoms with van der Waals surface area (Å²) in [5.74, 6) is 0. The number of benzene rings is 1. The first-order chi connectivity index (χ1) is 5.25. The maximum atomic E-state index is 9.30. The smallest absolute Gasteiger partial charge is 0.0781 e. The molecule has 2 heteroatoms. The third-order valence-electron chi connectivity index (χ3n) is 1.68. The zero-order chi connectivity index (χ0) is 8.27. The van der Waals surface area contributed by atoms with Crippen LogP contribution in [0, 0.1) is 0 Å². The molecule has 1 rings (SSSR count). The standard InChI is InChI=1S/C9H13NO/c1-7(11)8-5-3-4-6-9(8)10-2/h3-7,10-11H,1-2H3. The van der Waals surface area contributed by atoms with Gasteiger partial charge in [-0.2, -0.15) is 0 Å². The van der Waals surface area contributed by atoms with E-state index in [0.717, 1.165) is 11.3 Å². The summed E-state index contributed by atoms with van der Waals surface area (Å²) < 4.78 is 0. The fourth-order valence-corrected chi connectivity index (χ4v) is 1.09. The Hall–Kier alpha value is -1.02. The summed E-state index contributed by atoms with van der Waals surface area (Å²) in [5, 5.41) is 12.3. The first-order valence-corrected chi connectivity index (χ1v) is 3.70. The number of aliphatic hydroxyl groups is 1. The molecule has 0 saturated heterocycles. The molecule has 0 bridgehead atoms. The Kier molecular flexibility index (Phi) is 2.49. The molecule has 0 aliphatic carbocycles. The molecule has 0 saturated carbocycles. The molecule has 0 fully saturated rings. The molecule has 1 atom stereocenters. The Balaban J connectivity index is 3.02. The van der Waals surface area contributed by atoms with Crippen molar-refractivity contribution in [2.24, 2.45) is 0 Å². The lowest BCUT2D eigenvalue weighted by Gasteiger charge is -2.10. The van der Waals surface area contributed by atoms with Crippen LogP contribution < -0.4 is 5.32 Å². The first-order valence-electron chi connectivity index (χ1n) is 3.70. The summed E-state index contributed by atoms with van der Waals surface area (Å²) in [4.78, 5) is 0. The molecule has 1 aromatic rings. The van der Waals surface area contributed by atoms with Gasteiger partial charge in [-0.25, -0.2) is 0 Å². The highest BCUT2D eigenvalue weighted by Gasteiger charge is 2.03. The number of nitrogens with one attached hydrogen (secondary N) is 1. The lowest BCUT2D eigenvalue weighted by Crippen LogP contribution is -1.97. The van der Waals surface area contributed by atoms with Crippen LogP contribution in [-0.2, 0) is 0 Å². The zero-order valence-corrected chi connectivity index (χ0v) is 6.83. The van der Waals surface area contributed by atoms with E-state index < -0.39 is 6.10 Å². The number of aliphatic hydroxyl groups excluding tert-OH is 1. The predicted octanol–water partition coefficient (Wildman–Crippen LogP) is 1.78. The van der Waals surface area contributed by atoms with Crippen molar-refractivity contribution in [1.29, 1.82) is 0 Å². The normalized spacial score (nSPS) is 12.6. The lowest BCUT2D eigenvalue weighted by atomic mass is 10.1. The molecule has 2 N–H and O–H groups in total. The Morgan fingerprint density at radius 1 is 1.36 bits per heavy atom. The Morgan fingerprint density at radius 3 is 2.45 bits per heavy atom. The van der Waals surface area contributed by atoms with Gasteiger partial charge in [-0.3, -0.25) is 0 Å². The van der Waals surface area contributed by atoms with Crippen LogP contribution in [0.5, 0.6) is 0 Å². The van der Waals surface area contributed by atoms with E-state index in [4.69, 9.17) is 0 Å². The molecule has 60 valence electrons. The van der Waals surface area contributed by atoms with E-state index in [1.807, 2.05) is 31.3 Å². The average molecular weight is 151 g/mol. The fourth-order valence-electron chi connectivity index (χ4n) is 1.09. The van der Waals surface area contributed by atoms with E-state index in [1.54, 1.807) is 6.92 Å². The van der Waals surface area contributed by atoms with Gasteiger partial charge >= 0.3 is 0 Å². The second-order valence-electron chi connectivity index (χ2n) is 2.51. The molecule has 0 heterocycles. The molecule has 1 aromatic carbocycles. The summed E-state index contributed by atoms with van der Waals surface area (Å²) >= 11 is 0. The van der Waals surface area contributed by atoms with Crippen LogP contribution in [0.3, 0.4) is 0 Å². The van der Waals surface area contributed by atoms with E-state index >= 15 is 0 Å². The van der Waals surface area contributed by atoms with Gasteiger partial charge in [0.25, 0.3) is 0 Å². The number of para-hydroxylation sites is 1. The van der Waals surface area contributed by atoms with Crippen LogP contribution in [0.1, 0.15) is 18.6 Å². The molecular formula is C9H13NO. The molecule has 11 heavy (non-hydrogen) atoms. The minimum atomic E-state index is -0.404. The third kappa shape index (κ3) is 1.71. The van der Waals surface area contributed by atoms with Crippen LogP contribution >= 0.6 is 0 Å². The van der Waals surface area contributed by atoms with Crippen LogP contribution in [0.15, 0.2) is 24.3 Å². The third-order valence-corrected chi connectivity index (χ3v) is 1.68. The molecule has 0 spiro atoms. The van der Waals surface area contributed by atoms with Crippen molar-refractivity contribution < 1.29 is 5.11 Å². The number of hydrogen-bond acceptors (Lipinski definition) is 2. The Morgan fingerprint density at radius 2 is 2.00 bits per heavy atom. The van der Waals surface area contributed by atoms with Crippen molar-refractivity contribution in [3.05, 3.63) is 29.8 Å². The van der Waals surface area contributed by atoms with E-state index in [1.165, 1.54) is 0 Å². The van der Waals surface area contributed by atoms with Crippen molar-refractivity contribution in [3.63, 3.8) is 0 Å². The maximum Gasteiger partial charge on any atom is 0.0781 e. The highest BCUT2D eigenvalue weighted by Crippen LogP contribution is 2.20. The summed E-state index contributed by atoms with van der Waals surface area (Å²) in [6, 6.07) is 7.72. The number of hydrogen-bond donors (Lipinski definition) is 2. The summed E-state index contributed by atoms with van der Waals surface area (Å²) in [6.45, 7) is 1.76. The molecule has 0 aliphatic rings. The van der Waals surface area contributed by atoms with Crippen LogP contribution in [0.4, 0.5) is 5.69 Å². The van der Waals surface area contributed by atoms with Gasteiger partial charge in [-0.05, 0) is 13.0 Å². The van der Waals surface area contributed by atoms with Crippen molar-refractivity contribution in [1.82, 2.24) is 0 Å². The second-order valence-corrected chi connectivity index (χ2v) is 2.51. The summed E-state index contributed by atoms with van der Waals surface area (Å²) in [7, 11) is 1.85. The Bertz CT molecular complexity index is 233. The molecule has 0 aromatic heterocycles. The van der Waals surface area contributed by atoms with Gasteiger partial charge in [0.15, 0.2) is 0 Å². The van der Waals surface area contributed by atoms with Crippen LogP contribution in [0.25, 0.3) is 0 Å². The average Bonchev–Trinajstić information content (AvgIpc) is 2.04. The van der Waals surface area contributed by atoms with E-state index in [2.05, 4.69) is 5.32 Å². The highest BCUT2D eigenvalue weighted by molar-refractivity contribution is 5.51. The minimum absolute atomic E-state index is 0.404. The van der Waals surface area contributed by atoms with Gasteiger partial charge in [0.1, 0.15) is 0 Å². The largest absolute Gasteiger partial charge is 0.389 e. The fraction of sp³-hybridized carbons (Fsp3) is 0.333. The van der Waals surface area contributed by atoms with Gasteiger partial charge in [-0.15, -0.1) is 0 Å². The van der Waals surface area contributed by atoms with E-state index in [-0.39, 0.29) is 0 Å².